The maximum Gasteiger partial charge on any atom is 0.412 e. The Bertz CT molecular complexity index is 1980. The molecule has 0 fully saturated rings. The van der Waals surface area contributed by atoms with E-state index in [9.17, 15) is 9.59 Å². The Morgan fingerprint density at radius 2 is 1.51 bits per heavy atom. The molecule has 9 heteroatoms. The lowest BCUT2D eigenvalue weighted by Gasteiger charge is -2.20. The fourth-order valence-electron chi connectivity index (χ4n) is 4.75. The number of aromatic nitrogens is 2. The minimum Gasteiger partial charge on any atom is -0.455 e. The number of benzene rings is 4. The summed E-state index contributed by atoms with van der Waals surface area (Å²) in [5.74, 6) is 0.195. The van der Waals surface area contributed by atoms with Gasteiger partial charge in [0.15, 0.2) is 0 Å². The number of ether oxygens (including phenoxy) is 1. The highest BCUT2D eigenvalue weighted by Crippen LogP contribution is 2.35. The number of nitrogens with zero attached hydrogens (tertiary/aromatic N) is 2. The van der Waals surface area contributed by atoms with E-state index in [4.69, 9.17) is 9.15 Å². The maximum absolute atomic E-state index is 13.2. The first kappa shape index (κ1) is 27.5. The number of furan rings is 1. The second-order valence-electron chi connectivity index (χ2n) is 10.9. The minimum absolute atomic E-state index is 0.298. The molecule has 0 saturated carbocycles. The molecular weight excluding hydrogens is 542 g/mol. The molecule has 0 unspecified atom stereocenters. The van der Waals surface area contributed by atoms with Crippen molar-refractivity contribution in [2.45, 2.75) is 26.4 Å². The molecule has 0 aliphatic heterocycles. The molecule has 0 saturated heterocycles. The summed E-state index contributed by atoms with van der Waals surface area (Å²) in [7, 11) is 0. The Labute approximate surface area is 247 Å². The molecule has 2 amide bonds. The molecule has 0 spiro atoms. The van der Waals surface area contributed by atoms with E-state index in [1.54, 1.807) is 57.2 Å². The molecule has 43 heavy (non-hydrogen) atoms. The Morgan fingerprint density at radius 3 is 2.37 bits per heavy atom. The van der Waals surface area contributed by atoms with Crippen molar-refractivity contribution in [3.05, 3.63) is 109 Å². The van der Waals surface area contributed by atoms with Gasteiger partial charge in [-0.25, -0.2) is 14.8 Å². The predicted molar refractivity (Wildman–Crippen MR) is 169 cm³/mol. The van der Waals surface area contributed by atoms with Gasteiger partial charge in [-0.3, -0.25) is 10.1 Å². The van der Waals surface area contributed by atoms with Gasteiger partial charge in [0.05, 0.1) is 16.9 Å². The molecule has 6 rings (SSSR count). The lowest BCUT2D eigenvalue weighted by molar-refractivity contribution is 0.0636. The van der Waals surface area contributed by atoms with Crippen molar-refractivity contribution in [2.24, 2.45) is 0 Å². The van der Waals surface area contributed by atoms with Crippen molar-refractivity contribution in [2.75, 3.05) is 16.0 Å². The van der Waals surface area contributed by atoms with E-state index in [-0.39, 0.29) is 5.91 Å². The number of fused-ring (bicyclic) bond motifs is 3. The van der Waals surface area contributed by atoms with Gasteiger partial charge in [0.25, 0.3) is 5.91 Å². The lowest BCUT2D eigenvalue weighted by Crippen LogP contribution is -2.28. The molecule has 4 aromatic carbocycles. The van der Waals surface area contributed by atoms with Crippen LogP contribution in [0.5, 0.6) is 0 Å². The lowest BCUT2D eigenvalue weighted by atomic mass is 10.1. The molecule has 2 aromatic heterocycles. The standard InChI is InChI=1S/C34H29N5O4/c1-34(2,3)43-33(41)39-27-16-6-4-13-26(27)32(40)38-22-11-8-10-21(18-22)37-30-19-28(35-20-36-30)25-15-9-14-24-23-12-5-7-17-29(23)42-31(24)25/h4-20H,1-3H3,(H,38,40)(H,39,41)(H,35,36,37). The Morgan fingerprint density at radius 1 is 0.767 bits per heavy atom. The second-order valence-corrected chi connectivity index (χ2v) is 10.9. The fourth-order valence-corrected chi connectivity index (χ4v) is 4.75. The number of hydrogen-bond acceptors (Lipinski definition) is 7. The summed E-state index contributed by atoms with van der Waals surface area (Å²) in [4.78, 5) is 34.4. The Balaban J connectivity index is 1.20. The molecule has 6 aromatic rings. The van der Waals surface area contributed by atoms with Crippen LogP contribution in [0.25, 0.3) is 33.2 Å². The van der Waals surface area contributed by atoms with Crippen LogP contribution in [0.15, 0.2) is 108 Å². The number of anilines is 4. The second kappa shape index (κ2) is 11.3. The van der Waals surface area contributed by atoms with E-state index in [2.05, 4.69) is 25.9 Å². The third-order valence-corrected chi connectivity index (χ3v) is 6.55. The largest absolute Gasteiger partial charge is 0.455 e. The zero-order chi connectivity index (χ0) is 30.0. The number of nitrogens with one attached hydrogen (secondary N) is 3. The summed E-state index contributed by atoms with van der Waals surface area (Å²) in [5, 5.41) is 10.9. The van der Waals surface area contributed by atoms with E-state index < -0.39 is 11.7 Å². The maximum atomic E-state index is 13.2. The highest BCUT2D eigenvalue weighted by atomic mass is 16.6. The monoisotopic (exact) mass is 571 g/mol. The quantitative estimate of drug-likeness (QED) is 0.184. The molecule has 0 bridgehead atoms. The first-order valence-corrected chi connectivity index (χ1v) is 13.7. The van der Waals surface area contributed by atoms with Gasteiger partial charge in [0, 0.05) is 33.8 Å². The number of amides is 2. The summed E-state index contributed by atoms with van der Waals surface area (Å²) in [6.07, 6.45) is 0.860. The summed E-state index contributed by atoms with van der Waals surface area (Å²) in [6.45, 7) is 5.32. The van der Waals surface area contributed by atoms with Crippen LogP contribution >= 0.6 is 0 Å². The van der Waals surface area contributed by atoms with Gasteiger partial charge in [-0.15, -0.1) is 0 Å². The van der Waals surface area contributed by atoms with Crippen molar-refractivity contribution in [3.63, 3.8) is 0 Å². The summed E-state index contributed by atoms with van der Waals surface area (Å²) < 4.78 is 11.5. The van der Waals surface area contributed by atoms with Crippen LogP contribution in [0.3, 0.4) is 0 Å². The number of para-hydroxylation sites is 3. The van der Waals surface area contributed by atoms with E-state index in [0.29, 0.717) is 34.1 Å². The number of carbonyl (C=O) groups excluding carboxylic acids is 2. The molecule has 0 atom stereocenters. The smallest absolute Gasteiger partial charge is 0.412 e. The van der Waals surface area contributed by atoms with Crippen LogP contribution in [0.1, 0.15) is 31.1 Å². The van der Waals surface area contributed by atoms with Gasteiger partial charge in [-0.1, -0.05) is 48.5 Å². The average molecular weight is 572 g/mol. The zero-order valence-corrected chi connectivity index (χ0v) is 23.8. The molecular formula is C34H29N5O4. The molecule has 3 N–H and O–H groups in total. The van der Waals surface area contributed by atoms with Crippen molar-refractivity contribution in [1.82, 2.24) is 9.97 Å². The van der Waals surface area contributed by atoms with E-state index in [0.717, 1.165) is 27.5 Å². The minimum atomic E-state index is -0.667. The SMILES string of the molecule is CC(C)(C)OC(=O)Nc1ccccc1C(=O)Nc1cccc(Nc2cc(-c3cccc4c3oc3ccccc34)ncn2)c1. The number of hydrogen-bond donors (Lipinski definition) is 3. The van der Waals surface area contributed by atoms with Crippen molar-refractivity contribution >= 4 is 56.8 Å². The molecule has 0 aliphatic carbocycles. The van der Waals surface area contributed by atoms with Crippen LogP contribution < -0.4 is 16.0 Å². The highest BCUT2D eigenvalue weighted by molar-refractivity contribution is 6.10. The summed E-state index contributed by atoms with van der Waals surface area (Å²) in [6, 6.07) is 29.8. The third-order valence-electron chi connectivity index (χ3n) is 6.55. The van der Waals surface area contributed by atoms with E-state index >= 15 is 0 Å². The number of carbonyl (C=O) groups is 2. The molecule has 2 heterocycles. The van der Waals surface area contributed by atoms with Crippen LogP contribution in [0.2, 0.25) is 0 Å². The van der Waals surface area contributed by atoms with Crippen LogP contribution in [0, 0.1) is 0 Å². The first-order chi connectivity index (χ1) is 20.7. The summed E-state index contributed by atoms with van der Waals surface area (Å²) in [5.41, 5.74) is 4.40. The molecule has 214 valence electrons. The van der Waals surface area contributed by atoms with E-state index in [1.165, 1.54) is 6.33 Å². The van der Waals surface area contributed by atoms with Crippen molar-refractivity contribution < 1.29 is 18.7 Å². The topological polar surface area (TPSA) is 118 Å². The normalized spacial score (nSPS) is 11.3. The zero-order valence-electron chi connectivity index (χ0n) is 23.8. The van der Waals surface area contributed by atoms with Gasteiger partial charge < -0.3 is 19.8 Å². The molecule has 9 nitrogen and oxygen atoms in total. The average Bonchev–Trinajstić information content (AvgIpc) is 3.36. The van der Waals surface area contributed by atoms with E-state index in [1.807, 2.05) is 60.7 Å². The van der Waals surface area contributed by atoms with Crippen molar-refractivity contribution in [3.8, 4) is 11.3 Å². The fraction of sp³-hybridized carbons (Fsp3) is 0.118. The Hall–Kier alpha value is -5.70. The Kier molecular flexibility index (Phi) is 7.21. The van der Waals surface area contributed by atoms with Gasteiger partial charge in [0.1, 0.15) is 28.9 Å². The molecule has 0 radical (unpaired) electrons. The summed E-state index contributed by atoms with van der Waals surface area (Å²) >= 11 is 0. The van der Waals surface area contributed by atoms with Crippen LogP contribution in [0.4, 0.5) is 27.7 Å². The van der Waals surface area contributed by atoms with Crippen molar-refractivity contribution in [1.29, 1.82) is 0 Å². The van der Waals surface area contributed by atoms with Crippen LogP contribution in [-0.2, 0) is 4.74 Å². The molecule has 0 aliphatic rings. The van der Waals surface area contributed by atoms with Gasteiger partial charge in [-0.2, -0.15) is 0 Å². The van der Waals surface area contributed by atoms with Crippen LogP contribution in [-0.4, -0.2) is 27.6 Å². The van der Waals surface area contributed by atoms with Gasteiger partial charge in [-0.05, 0) is 63.2 Å². The third kappa shape index (κ3) is 6.15. The predicted octanol–water partition coefficient (Wildman–Crippen LogP) is 8.39. The highest BCUT2D eigenvalue weighted by Gasteiger charge is 2.19. The van der Waals surface area contributed by atoms with Gasteiger partial charge >= 0.3 is 6.09 Å². The van der Waals surface area contributed by atoms with Gasteiger partial charge in [0.2, 0.25) is 0 Å². The first-order valence-electron chi connectivity index (χ1n) is 13.7. The number of rotatable bonds is 6.